The molecule has 1 heterocycles. The molecular weight excluding hydrogens is 300 g/mol. The first-order valence-electron chi connectivity index (χ1n) is 7.96. The van der Waals surface area contributed by atoms with E-state index in [0.717, 1.165) is 45.4 Å². The van der Waals surface area contributed by atoms with Gasteiger partial charge in [-0.2, -0.15) is 0 Å². The van der Waals surface area contributed by atoms with Crippen LogP contribution in [0.2, 0.25) is 0 Å². The van der Waals surface area contributed by atoms with Crippen molar-refractivity contribution in [3.8, 4) is 0 Å². The van der Waals surface area contributed by atoms with Gasteiger partial charge in [-0.25, -0.2) is 0 Å². The molecule has 0 aliphatic carbocycles. The molecule has 1 aromatic carbocycles. The van der Waals surface area contributed by atoms with Crippen LogP contribution < -0.4 is 10.6 Å². The number of ether oxygens (including phenoxy) is 1. The van der Waals surface area contributed by atoms with Crippen LogP contribution in [0.15, 0.2) is 30.3 Å². The van der Waals surface area contributed by atoms with E-state index in [9.17, 15) is 4.79 Å². The summed E-state index contributed by atoms with van der Waals surface area (Å²) in [5.41, 5.74) is 1.30. The molecule has 1 aromatic rings. The van der Waals surface area contributed by atoms with Gasteiger partial charge in [0.05, 0.1) is 12.5 Å². The van der Waals surface area contributed by atoms with Crippen molar-refractivity contribution in [2.45, 2.75) is 25.7 Å². The minimum absolute atomic E-state index is 0. The van der Waals surface area contributed by atoms with Crippen LogP contribution in [-0.2, 0) is 16.0 Å². The monoisotopic (exact) mass is 326 g/mol. The molecule has 1 amide bonds. The summed E-state index contributed by atoms with van der Waals surface area (Å²) in [6.07, 6.45) is 3.93. The number of hydrogen-bond acceptors (Lipinski definition) is 3. The molecule has 1 unspecified atom stereocenters. The molecule has 5 heteroatoms. The Morgan fingerprint density at radius 1 is 1.27 bits per heavy atom. The van der Waals surface area contributed by atoms with Crippen molar-refractivity contribution >= 4 is 18.3 Å². The second-order valence-electron chi connectivity index (χ2n) is 5.54. The van der Waals surface area contributed by atoms with Crippen LogP contribution in [0.1, 0.15) is 24.8 Å². The van der Waals surface area contributed by atoms with Gasteiger partial charge in [-0.05, 0) is 37.8 Å². The summed E-state index contributed by atoms with van der Waals surface area (Å²) in [7, 11) is 0. The molecule has 0 spiro atoms. The van der Waals surface area contributed by atoms with E-state index in [-0.39, 0.29) is 24.2 Å². The van der Waals surface area contributed by atoms with Crippen LogP contribution in [0.25, 0.3) is 0 Å². The summed E-state index contributed by atoms with van der Waals surface area (Å²) >= 11 is 0. The maximum Gasteiger partial charge on any atom is 0.224 e. The SMILES string of the molecule is Cl.O=C(NCCCOCCc1ccccc1)C1CCCNC1. The minimum Gasteiger partial charge on any atom is -0.381 e. The molecule has 22 heavy (non-hydrogen) atoms. The molecule has 1 fully saturated rings. The normalized spacial score (nSPS) is 17.5. The lowest BCUT2D eigenvalue weighted by Gasteiger charge is -2.21. The van der Waals surface area contributed by atoms with E-state index in [2.05, 4.69) is 22.8 Å². The Bertz CT molecular complexity index is 408. The van der Waals surface area contributed by atoms with Gasteiger partial charge >= 0.3 is 0 Å². The zero-order chi connectivity index (χ0) is 14.8. The van der Waals surface area contributed by atoms with Gasteiger partial charge in [0, 0.05) is 19.7 Å². The Kier molecular flexibility index (Phi) is 9.87. The summed E-state index contributed by atoms with van der Waals surface area (Å²) in [6, 6.07) is 10.3. The Morgan fingerprint density at radius 2 is 2.09 bits per heavy atom. The zero-order valence-electron chi connectivity index (χ0n) is 13.1. The summed E-state index contributed by atoms with van der Waals surface area (Å²) in [6.45, 7) is 4.01. The lowest BCUT2D eigenvalue weighted by molar-refractivity contribution is -0.125. The van der Waals surface area contributed by atoms with Crippen molar-refractivity contribution < 1.29 is 9.53 Å². The molecule has 4 nitrogen and oxygen atoms in total. The largest absolute Gasteiger partial charge is 0.381 e. The number of carbonyl (C=O) groups is 1. The Hall–Kier alpha value is -1.10. The molecule has 1 aliphatic heterocycles. The molecule has 1 saturated heterocycles. The first-order valence-corrected chi connectivity index (χ1v) is 7.96. The number of nitrogens with one attached hydrogen (secondary N) is 2. The highest BCUT2D eigenvalue weighted by atomic mass is 35.5. The van der Waals surface area contributed by atoms with Crippen molar-refractivity contribution in [1.82, 2.24) is 10.6 Å². The van der Waals surface area contributed by atoms with Gasteiger partial charge in [-0.3, -0.25) is 4.79 Å². The van der Waals surface area contributed by atoms with E-state index in [1.165, 1.54) is 5.56 Å². The highest BCUT2D eigenvalue weighted by molar-refractivity contribution is 5.85. The van der Waals surface area contributed by atoms with E-state index in [1.807, 2.05) is 18.2 Å². The summed E-state index contributed by atoms with van der Waals surface area (Å²) in [5.74, 6) is 0.337. The van der Waals surface area contributed by atoms with E-state index in [4.69, 9.17) is 4.74 Å². The predicted molar refractivity (Wildman–Crippen MR) is 91.4 cm³/mol. The molecule has 0 saturated carbocycles. The van der Waals surface area contributed by atoms with Crippen molar-refractivity contribution in [3.05, 3.63) is 35.9 Å². The molecule has 1 atom stereocenters. The van der Waals surface area contributed by atoms with Crippen LogP contribution in [0.3, 0.4) is 0 Å². The number of halogens is 1. The third-order valence-electron chi connectivity index (χ3n) is 3.81. The van der Waals surface area contributed by atoms with Gasteiger partial charge in [-0.1, -0.05) is 30.3 Å². The highest BCUT2D eigenvalue weighted by Crippen LogP contribution is 2.09. The fourth-order valence-corrected chi connectivity index (χ4v) is 2.54. The predicted octanol–water partition coefficient (Wildman–Crippen LogP) is 2.17. The fourth-order valence-electron chi connectivity index (χ4n) is 2.54. The molecule has 0 bridgehead atoms. The smallest absolute Gasteiger partial charge is 0.224 e. The van der Waals surface area contributed by atoms with Gasteiger partial charge < -0.3 is 15.4 Å². The number of carbonyl (C=O) groups excluding carboxylic acids is 1. The third kappa shape index (κ3) is 7.25. The van der Waals surface area contributed by atoms with Crippen molar-refractivity contribution in [2.24, 2.45) is 5.92 Å². The van der Waals surface area contributed by atoms with Gasteiger partial charge in [0.1, 0.15) is 0 Å². The lowest BCUT2D eigenvalue weighted by Crippen LogP contribution is -2.40. The number of rotatable bonds is 8. The second-order valence-corrected chi connectivity index (χ2v) is 5.54. The van der Waals surface area contributed by atoms with Crippen LogP contribution in [0.5, 0.6) is 0 Å². The van der Waals surface area contributed by atoms with Crippen LogP contribution in [-0.4, -0.2) is 38.8 Å². The van der Waals surface area contributed by atoms with Crippen LogP contribution in [0, 0.1) is 5.92 Å². The Morgan fingerprint density at radius 3 is 2.82 bits per heavy atom. The topological polar surface area (TPSA) is 50.4 Å². The molecule has 2 rings (SSSR count). The Balaban J connectivity index is 0.00000242. The first kappa shape index (κ1) is 18.9. The molecule has 0 aromatic heterocycles. The van der Waals surface area contributed by atoms with Crippen LogP contribution >= 0.6 is 12.4 Å². The standard InChI is InChI=1S/C17H26N2O2.ClH/c20-17(16-8-4-10-18-14-16)19-11-5-12-21-13-9-15-6-2-1-3-7-15;/h1-3,6-7,16,18H,4-5,8-14H2,(H,19,20);1H. The van der Waals surface area contributed by atoms with Gasteiger partial charge in [0.15, 0.2) is 0 Å². The first-order chi connectivity index (χ1) is 10.4. The van der Waals surface area contributed by atoms with Crippen LogP contribution in [0.4, 0.5) is 0 Å². The van der Waals surface area contributed by atoms with Crippen molar-refractivity contribution in [3.63, 3.8) is 0 Å². The number of hydrogen-bond donors (Lipinski definition) is 2. The van der Waals surface area contributed by atoms with Crippen molar-refractivity contribution in [2.75, 3.05) is 32.8 Å². The highest BCUT2D eigenvalue weighted by Gasteiger charge is 2.19. The number of amides is 1. The van der Waals surface area contributed by atoms with Gasteiger partial charge in [0.25, 0.3) is 0 Å². The summed E-state index contributed by atoms with van der Waals surface area (Å²) in [5, 5.41) is 6.27. The van der Waals surface area contributed by atoms with E-state index in [0.29, 0.717) is 13.2 Å². The molecule has 124 valence electrons. The van der Waals surface area contributed by atoms with Crippen molar-refractivity contribution in [1.29, 1.82) is 0 Å². The summed E-state index contributed by atoms with van der Waals surface area (Å²) in [4.78, 5) is 11.9. The van der Waals surface area contributed by atoms with Gasteiger partial charge in [-0.15, -0.1) is 12.4 Å². The van der Waals surface area contributed by atoms with E-state index < -0.39 is 0 Å². The molecule has 2 N–H and O–H groups in total. The second kappa shape index (κ2) is 11.5. The quantitative estimate of drug-likeness (QED) is 0.720. The average Bonchev–Trinajstić information content (AvgIpc) is 2.55. The Labute approximate surface area is 139 Å². The average molecular weight is 327 g/mol. The molecular formula is C17H27ClN2O2. The van der Waals surface area contributed by atoms with E-state index in [1.54, 1.807) is 0 Å². The number of piperidine rings is 1. The minimum atomic E-state index is 0. The fraction of sp³-hybridized carbons (Fsp3) is 0.588. The van der Waals surface area contributed by atoms with E-state index >= 15 is 0 Å². The lowest BCUT2D eigenvalue weighted by atomic mass is 9.99. The zero-order valence-corrected chi connectivity index (χ0v) is 13.9. The molecule has 0 radical (unpaired) electrons. The van der Waals surface area contributed by atoms with Gasteiger partial charge in [0.2, 0.25) is 5.91 Å². The maximum absolute atomic E-state index is 11.9. The molecule has 1 aliphatic rings. The number of benzene rings is 1. The summed E-state index contributed by atoms with van der Waals surface area (Å²) < 4.78 is 5.60. The maximum atomic E-state index is 11.9. The third-order valence-corrected chi connectivity index (χ3v) is 3.81.